The Labute approximate surface area is 151 Å². The molecule has 3 N–H and O–H groups in total. The molecule has 2 aromatic carbocycles. The molecule has 2 aromatic rings. The summed E-state index contributed by atoms with van der Waals surface area (Å²) in [4.78, 5) is 11.7. The van der Waals surface area contributed by atoms with Crippen LogP contribution in [0.25, 0.3) is 0 Å². The number of rotatable bonds is 7. The second kappa shape index (κ2) is 9.42. The largest absolute Gasteiger partial charge is 0.497 e. The highest BCUT2D eigenvalue weighted by atomic mass is 16.5. The van der Waals surface area contributed by atoms with E-state index in [2.05, 4.69) is 5.32 Å². The van der Waals surface area contributed by atoms with E-state index in [1.807, 2.05) is 36.4 Å². The van der Waals surface area contributed by atoms with Crippen molar-refractivity contribution >= 4 is 6.09 Å². The molecule has 0 saturated carbocycles. The van der Waals surface area contributed by atoms with Crippen LogP contribution >= 0.6 is 0 Å². The maximum atomic E-state index is 11.7. The normalized spacial score (nSPS) is 12.5. The predicted molar refractivity (Wildman–Crippen MR) is 93.3 cm³/mol. The van der Waals surface area contributed by atoms with Crippen LogP contribution in [0.4, 0.5) is 4.79 Å². The number of aliphatic hydroxyl groups excluding tert-OH is 2. The van der Waals surface area contributed by atoms with Gasteiger partial charge in [0.2, 0.25) is 0 Å². The lowest BCUT2D eigenvalue weighted by Gasteiger charge is -2.20. The predicted octanol–water partition coefficient (Wildman–Crippen LogP) is 1.89. The minimum Gasteiger partial charge on any atom is -0.497 e. The summed E-state index contributed by atoms with van der Waals surface area (Å²) >= 11 is 0. The van der Waals surface area contributed by atoms with Gasteiger partial charge >= 0.3 is 6.09 Å². The SMILES string of the molecule is COc1ccc(C#N)c(C(O)C(O)CNC(=O)OCc2ccccc2)c1. The lowest BCUT2D eigenvalue weighted by atomic mass is 9.99. The molecule has 26 heavy (non-hydrogen) atoms. The summed E-state index contributed by atoms with van der Waals surface area (Å²) in [7, 11) is 1.46. The van der Waals surface area contributed by atoms with E-state index in [0.29, 0.717) is 5.75 Å². The Kier molecular flexibility index (Phi) is 6.97. The summed E-state index contributed by atoms with van der Waals surface area (Å²) in [5.74, 6) is 0.445. The van der Waals surface area contributed by atoms with Gasteiger partial charge in [-0.25, -0.2) is 4.79 Å². The van der Waals surface area contributed by atoms with Crippen LogP contribution in [0.5, 0.6) is 5.75 Å². The molecule has 0 aliphatic carbocycles. The third kappa shape index (κ3) is 5.21. The highest BCUT2D eigenvalue weighted by Crippen LogP contribution is 2.25. The fourth-order valence-electron chi connectivity index (χ4n) is 2.30. The topological polar surface area (TPSA) is 112 Å². The quantitative estimate of drug-likeness (QED) is 0.698. The number of hydrogen-bond donors (Lipinski definition) is 3. The number of carbonyl (C=O) groups excluding carboxylic acids is 1. The molecule has 0 saturated heterocycles. The molecule has 0 aromatic heterocycles. The zero-order valence-electron chi connectivity index (χ0n) is 14.3. The second-order valence-electron chi connectivity index (χ2n) is 5.52. The number of nitrogens with zero attached hydrogens (tertiary/aromatic N) is 1. The van der Waals surface area contributed by atoms with Crippen molar-refractivity contribution in [3.05, 3.63) is 65.2 Å². The molecule has 0 radical (unpaired) electrons. The summed E-state index contributed by atoms with van der Waals surface area (Å²) in [5.41, 5.74) is 1.26. The lowest BCUT2D eigenvalue weighted by molar-refractivity contribution is 0.0181. The number of benzene rings is 2. The molecule has 1 amide bonds. The number of nitriles is 1. The maximum absolute atomic E-state index is 11.7. The minimum absolute atomic E-state index is 0.0970. The molecule has 0 aliphatic heterocycles. The van der Waals surface area contributed by atoms with Gasteiger partial charge in [0, 0.05) is 12.1 Å². The van der Waals surface area contributed by atoms with Gasteiger partial charge in [0.25, 0.3) is 0 Å². The first-order valence-corrected chi connectivity index (χ1v) is 7.94. The summed E-state index contributed by atoms with van der Waals surface area (Å²) in [6.45, 7) is -0.142. The van der Waals surface area contributed by atoms with E-state index in [-0.39, 0.29) is 24.3 Å². The molecule has 7 nitrogen and oxygen atoms in total. The third-order valence-electron chi connectivity index (χ3n) is 3.73. The Morgan fingerprint density at radius 3 is 2.62 bits per heavy atom. The smallest absolute Gasteiger partial charge is 0.407 e. The first-order chi connectivity index (χ1) is 12.5. The molecule has 2 rings (SSSR count). The average molecular weight is 356 g/mol. The summed E-state index contributed by atoms with van der Waals surface area (Å²) in [5, 5.41) is 31.9. The zero-order chi connectivity index (χ0) is 18.9. The van der Waals surface area contributed by atoms with Gasteiger partial charge in [-0.05, 0) is 23.8 Å². The standard InChI is InChI=1S/C19H20N2O5/c1-25-15-8-7-14(10-20)16(9-15)18(23)17(22)11-21-19(24)26-12-13-5-3-2-4-6-13/h2-9,17-18,22-23H,11-12H2,1H3,(H,21,24). The van der Waals surface area contributed by atoms with Crippen LogP contribution in [-0.2, 0) is 11.3 Å². The highest BCUT2D eigenvalue weighted by molar-refractivity contribution is 5.67. The fourth-order valence-corrected chi connectivity index (χ4v) is 2.30. The Hall–Kier alpha value is -3.08. The van der Waals surface area contributed by atoms with Gasteiger partial charge in [-0.15, -0.1) is 0 Å². The van der Waals surface area contributed by atoms with Crippen LogP contribution in [0, 0.1) is 11.3 Å². The molecule has 7 heteroatoms. The third-order valence-corrected chi connectivity index (χ3v) is 3.73. The molecule has 136 valence electrons. The Morgan fingerprint density at radius 1 is 1.23 bits per heavy atom. The van der Waals surface area contributed by atoms with Gasteiger partial charge in [0.05, 0.1) is 18.7 Å². The fraction of sp³-hybridized carbons (Fsp3) is 0.263. The number of carbonyl (C=O) groups is 1. The molecule has 2 unspecified atom stereocenters. The molecule has 0 heterocycles. The van der Waals surface area contributed by atoms with Crippen LogP contribution in [0.3, 0.4) is 0 Å². The van der Waals surface area contributed by atoms with Crippen molar-refractivity contribution in [2.45, 2.75) is 18.8 Å². The van der Waals surface area contributed by atoms with Crippen LogP contribution in [0.2, 0.25) is 0 Å². The van der Waals surface area contributed by atoms with E-state index < -0.39 is 18.3 Å². The van der Waals surface area contributed by atoms with Crippen LogP contribution in [0.1, 0.15) is 22.8 Å². The van der Waals surface area contributed by atoms with Gasteiger partial charge in [-0.1, -0.05) is 30.3 Å². The van der Waals surface area contributed by atoms with E-state index in [4.69, 9.17) is 14.7 Å². The van der Waals surface area contributed by atoms with E-state index in [0.717, 1.165) is 5.56 Å². The summed E-state index contributed by atoms with van der Waals surface area (Å²) < 4.78 is 10.1. The number of aliphatic hydroxyl groups is 2. The van der Waals surface area contributed by atoms with Gasteiger partial charge in [-0.2, -0.15) is 5.26 Å². The molecule has 2 atom stereocenters. The van der Waals surface area contributed by atoms with E-state index in [1.165, 1.54) is 19.2 Å². The second-order valence-corrected chi connectivity index (χ2v) is 5.52. The van der Waals surface area contributed by atoms with Gasteiger partial charge in [-0.3, -0.25) is 0 Å². The molecular weight excluding hydrogens is 336 g/mol. The molecule has 0 bridgehead atoms. The maximum Gasteiger partial charge on any atom is 0.407 e. The number of alkyl carbamates (subject to hydrolysis) is 1. The Morgan fingerprint density at radius 2 is 1.96 bits per heavy atom. The van der Waals surface area contributed by atoms with Crippen molar-refractivity contribution < 1.29 is 24.5 Å². The zero-order valence-corrected chi connectivity index (χ0v) is 14.3. The average Bonchev–Trinajstić information content (AvgIpc) is 2.70. The van der Waals surface area contributed by atoms with Crippen molar-refractivity contribution in [2.24, 2.45) is 0 Å². The van der Waals surface area contributed by atoms with Crippen LogP contribution < -0.4 is 10.1 Å². The van der Waals surface area contributed by atoms with Crippen LogP contribution in [0.15, 0.2) is 48.5 Å². The minimum atomic E-state index is -1.37. The van der Waals surface area contributed by atoms with Gasteiger partial charge in [0.1, 0.15) is 24.6 Å². The van der Waals surface area contributed by atoms with E-state index in [1.54, 1.807) is 6.07 Å². The summed E-state index contributed by atoms with van der Waals surface area (Å²) in [6, 6.07) is 15.6. The molecule has 0 aliphatic rings. The van der Waals surface area contributed by atoms with E-state index >= 15 is 0 Å². The molecule has 0 spiro atoms. The number of amides is 1. The van der Waals surface area contributed by atoms with Crippen molar-refractivity contribution in [2.75, 3.05) is 13.7 Å². The number of nitrogens with one attached hydrogen (secondary N) is 1. The first-order valence-electron chi connectivity index (χ1n) is 7.94. The van der Waals surface area contributed by atoms with Crippen molar-refractivity contribution in [3.63, 3.8) is 0 Å². The Balaban J connectivity index is 1.90. The number of hydrogen-bond acceptors (Lipinski definition) is 6. The molecular formula is C19H20N2O5. The van der Waals surface area contributed by atoms with Gasteiger partial charge < -0.3 is 25.0 Å². The van der Waals surface area contributed by atoms with Crippen LogP contribution in [-0.4, -0.2) is 36.1 Å². The van der Waals surface area contributed by atoms with Crippen molar-refractivity contribution in [1.82, 2.24) is 5.32 Å². The van der Waals surface area contributed by atoms with Crippen molar-refractivity contribution in [3.8, 4) is 11.8 Å². The Bertz CT molecular complexity index is 773. The highest BCUT2D eigenvalue weighted by Gasteiger charge is 2.22. The number of ether oxygens (including phenoxy) is 2. The van der Waals surface area contributed by atoms with E-state index in [9.17, 15) is 15.0 Å². The van der Waals surface area contributed by atoms with Gasteiger partial charge in [0.15, 0.2) is 0 Å². The van der Waals surface area contributed by atoms with Crippen molar-refractivity contribution in [1.29, 1.82) is 5.26 Å². The number of methoxy groups -OCH3 is 1. The first kappa shape index (κ1) is 19.2. The molecule has 0 fully saturated rings. The monoisotopic (exact) mass is 356 g/mol. The summed E-state index contributed by atoms with van der Waals surface area (Å²) in [6.07, 6.45) is -3.40. The lowest BCUT2D eigenvalue weighted by Crippen LogP contribution is -2.36.